The summed E-state index contributed by atoms with van der Waals surface area (Å²) in [5, 5.41) is 16.0. The summed E-state index contributed by atoms with van der Waals surface area (Å²) >= 11 is 0. The molecule has 0 aliphatic carbocycles. The van der Waals surface area contributed by atoms with Gasteiger partial charge >= 0.3 is 5.24 Å². The van der Waals surface area contributed by atoms with Crippen LogP contribution in [0.15, 0.2) is 23.4 Å². The van der Waals surface area contributed by atoms with Crippen LogP contribution in [0.1, 0.15) is 12.0 Å². The lowest BCUT2D eigenvalue weighted by Gasteiger charge is -2.07. The molecule has 18 heavy (non-hydrogen) atoms. The highest BCUT2D eigenvalue weighted by Crippen LogP contribution is 2.12. The Hall–Kier alpha value is -1.51. The molecule has 100 valence electrons. The molecular formula is C10H14N2O5S. The summed E-state index contributed by atoms with van der Waals surface area (Å²) in [7, 11) is -4.23. The first-order valence-electron chi connectivity index (χ1n) is 5.16. The first-order chi connectivity index (χ1) is 8.37. The van der Waals surface area contributed by atoms with E-state index in [0.717, 1.165) is 0 Å². The molecule has 0 aromatic carbocycles. The average molecular weight is 274 g/mol. The normalized spacial score (nSPS) is 13.2. The molecule has 0 saturated heterocycles. The molecule has 1 atom stereocenters. The van der Waals surface area contributed by atoms with E-state index < -0.39 is 26.2 Å². The second-order valence-corrected chi connectivity index (χ2v) is 5.53. The van der Waals surface area contributed by atoms with Crippen molar-refractivity contribution in [1.29, 1.82) is 0 Å². The van der Waals surface area contributed by atoms with E-state index in [9.17, 15) is 18.3 Å². The van der Waals surface area contributed by atoms with Gasteiger partial charge in [-0.25, -0.2) is 13.4 Å². The van der Waals surface area contributed by atoms with E-state index in [0.29, 0.717) is 12.0 Å². The molecule has 1 aromatic rings. The molecule has 7 nitrogen and oxygen atoms in total. The molecule has 0 spiro atoms. The molecular weight excluding hydrogens is 260 g/mol. The zero-order valence-electron chi connectivity index (χ0n) is 9.48. The Morgan fingerprint density at radius 2 is 2.17 bits per heavy atom. The number of nitrogens with two attached hydrogens (primary N) is 1. The number of carbonyl (C=O) groups is 1. The van der Waals surface area contributed by atoms with Crippen LogP contribution in [0.4, 0.5) is 4.79 Å². The molecule has 0 bridgehead atoms. The molecule has 1 aromatic heterocycles. The highest BCUT2D eigenvalue weighted by molar-refractivity contribution is 8.05. The van der Waals surface area contributed by atoms with Crippen LogP contribution < -0.4 is 5.73 Å². The van der Waals surface area contributed by atoms with Crippen molar-refractivity contribution >= 4 is 15.1 Å². The number of aliphatic hydroxyl groups is 2. The fraction of sp³-hybridized carbons (Fsp3) is 0.400. The Bertz CT molecular complexity index is 529. The van der Waals surface area contributed by atoms with Crippen molar-refractivity contribution in [2.75, 3.05) is 6.61 Å². The lowest BCUT2D eigenvalue weighted by molar-refractivity contribution is 0.0885. The van der Waals surface area contributed by atoms with Crippen LogP contribution in [0.25, 0.3) is 0 Å². The second kappa shape index (κ2) is 5.89. The smallest absolute Gasteiger partial charge is 0.340 e. The number of hydrogen-bond donors (Lipinski definition) is 3. The third-order valence-electron chi connectivity index (χ3n) is 2.32. The number of amides is 1. The number of pyridine rings is 1. The van der Waals surface area contributed by atoms with E-state index in [1.807, 2.05) is 0 Å². The molecule has 0 fully saturated rings. The van der Waals surface area contributed by atoms with Crippen molar-refractivity contribution in [2.45, 2.75) is 24.0 Å². The molecule has 4 N–H and O–H groups in total. The Morgan fingerprint density at radius 1 is 1.50 bits per heavy atom. The SMILES string of the molecule is NC(=O)S(=O)(=O)c1cc(CCC(O)CO)ccn1. The number of aliphatic hydroxyl groups excluding tert-OH is 2. The van der Waals surface area contributed by atoms with E-state index in [-0.39, 0.29) is 13.0 Å². The first-order valence-corrected chi connectivity index (χ1v) is 6.64. The number of aryl methyl sites for hydroxylation is 1. The van der Waals surface area contributed by atoms with E-state index in [1.54, 1.807) is 6.07 Å². The molecule has 0 aliphatic heterocycles. The molecule has 1 rings (SSSR count). The van der Waals surface area contributed by atoms with Gasteiger partial charge in [0.2, 0.25) is 0 Å². The average Bonchev–Trinajstić information content (AvgIpc) is 2.36. The van der Waals surface area contributed by atoms with Gasteiger partial charge in [0.25, 0.3) is 9.84 Å². The second-order valence-electron chi connectivity index (χ2n) is 3.70. The number of sulfone groups is 1. The lowest BCUT2D eigenvalue weighted by atomic mass is 10.1. The summed E-state index contributed by atoms with van der Waals surface area (Å²) in [4.78, 5) is 14.3. The molecule has 0 radical (unpaired) electrons. The van der Waals surface area contributed by atoms with Gasteiger partial charge in [-0.1, -0.05) is 0 Å². The summed E-state index contributed by atoms with van der Waals surface area (Å²) in [5.74, 6) is 0. The monoisotopic (exact) mass is 274 g/mol. The fourth-order valence-electron chi connectivity index (χ4n) is 1.28. The maximum Gasteiger partial charge on any atom is 0.340 e. The highest BCUT2D eigenvalue weighted by Gasteiger charge is 2.23. The number of aromatic nitrogens is 1. The van der Waals surface area contributed by atoms with Crippen molar-refractivity contribution in [1.82, 2.24) is 4.98 Å². The Labute approximate surface area is 104 Å². The van der Waals surface area contributed by atoms with Crippen molar-refractivity contribution < 1.29 is 23.4 Å². The van der Waals surface area contributed by atoms with Gasteiger partial charge in [0.05, 0.1) is 12.7 Å². The van der Waals surface area contributed by atoms with Gasteiger partial charge in [0.1, 0.15) is 0 Å². The van der Waals surface area contributed by atoms with Crippen LogP contribution >= 0.6 is 0 Å². The van der Waals surface area contributed by atoms with E-state index in [4.69, 9.17) is 10.8 Å². The Kier molecular flexibility index (Phi) is 4.76. The quantitative estimate of drug-likeness (QED) is 0.645. The molecule has 8 heteroatoms. The van der Waals surface area contributed by atoms with Crippen LogP contribution in [0.5, 0.6) is 0 Å². The topological polar surface area (TPSA) is 131 Å². The van der Waals surface area contributed by atoms with E-state index >= 15 is 0 Å². The highest BCUT2D eigenvalue weighted by atomic mass is 32.2. The van der Waals surface area contributed by atoms with Crippen molar-refractivity contribution in [3.63, 3.8) is 0 Å². The molecule has 0 aliphatic rings. The molecule has 0 saturated carbocycles. The molecule has 1 heterocycles. The van der Waals surface area contributed by atoms with Crippen molar-refractivity contribution in [3.05, 3.63) is 23.9 Å². The van der Waals surface area contributed by atoms with Crippen LogP contribution in [-0.4, -0.2) is 41.6 Å². The first kappa shape index (κ1) is 14.6. The predicted molar refractivity (Wildman–Crippen MR) is 62.4 cm³/mol. The Morgan fingerprint density at radius 3 is 2.72 bits per heavy atom. The standard InChI is InChI=1S/C10H14N2O5S/c11-10(15)18(16,17)9-5-7(3-4-12-9)1-2-8(14)6-13/h3-5,8,13-14H,1-2,6H2,(H2,11,15). The number of rotatable bonds is 5. The van der Waals surface area contributed by atoms with E-state index in [1.165, 1.54) is 12.3 Å². The third-order valence-corrected chi connectivity index (χ3v) is 3.62. The van der Waals surface area contributed by atoms with Gasteiger partial charge in [0, 0.05) is 6.20 Å². The fourth-order valence-corrected chi connectivity index (χ4v) is 1.99. The summed E-state index contributed by atoms with van der Waals surface area (Å²) < 4.78 is 22.9. The minimum atomic E-state index is -4.23. The largest absolute Gasteiger partial charge is 0.394 e. The Balaban J connectivity index is 2.90. The van der Waals surface area contributed by atoms with Gasteiger partial charge in [-0.3, -0.25) is 4.79 Å². The number of primary amides is 1. The van der Waals surface area contributed by atoms with Crippen molar-refractivity contribution in [3.8, 4) is 0 Å². The maximum absolute atomic E-state index is 11.5. The predicted octanol–water partition coefficient (Wildman–Crippen LogP) is -0.780. The zero-order valence-corrected chi connectivity index (χ0v) is 10.3. The third kappa shape index (κ3) is 3.49. The van der Waals surface area contributed by atoms with Crippen LogP contribution in [0, 0.1) is 0 Å². The van der Waals surface area contributed by atoms with Crippen molar-refractivity contribution in [2.24, 2.45) is 5.73 Å². The maximum atomic E-state index is 11.5. The minimum absolute atomic E-state index is 0.274. The zero-order chi connectivity index (χ0) is 13.8. The lowest BCUT2D eigenvalue weighted by Crippen LogP contribution is -2.22. The van der Waals surface area contributed by atoms with Crippen LogP contribution in [0.3, 0.4) is 0 Å². The van der Waals surface area contributed by atoms with Crippen LogP contribution in [-0.2, 0) is 16.3 Å². The summed E-state index contributed by atoms with van der Waals surface area (Å²) in [6.07, 6.45) is 1.01. The van der Waals surface area contributed by atoms with Gasteiger partial charge in [-0.2, -0.15) is 0 Å². The summed E-state index contributed by atoms with van der Waals surface area (Å²) in [6.45, 7) is -0.364. The summed E-state index contributed by atoms with van der Waals surface area (Å²) in [6, 6.07) is 2.79. The number of hydrogen-bond acceptors (Lipinski definition) is 6. The van der Waals surface area contributed by atoms with Gasteiger partial charge in [0.15, 0.2) is 5.03 Å². The van der Waals surface area contributed by atoms with Crippen LogP contribution in [0.2, 0.25) is 0 Å². The number of nitrogens with zero attached hydrogens (tertiary/aromatic N) is 1. The van der Waals surface area contributed by atoms with Gasteiger partial charge < -0.3 is 15.9 Å². The molecule has 1 amide bonds. The summed E-state index contributed by atoms with van der Waals surface area (Å²) in [5.41, 5.74) is 5.34. The van der Waals surface area contributed by atoms with Gasteiger partial charge in [-0.15, -0.1) is 0 Å². The minimum Gasteiger partial charge on any atom is -0.394 e. The van der Waals surface area contributed by atoms with Gasteiger partial charge in [-0.05, 0) is 30.5 Å². The van der Waals surface area contributed by atoms with E-state index in [2.05, 4.69) is 4.98 Å². The number of carbonyl (C=O) groups excluding carboxylic acids is 1. The molecule has 1 unspecified atom stereocenters.